The van der Waals surface area contributed by atoms with Crippen LogP contribution < -0.4 is 10.9 Å². The smallest absolute Gasteiger partial charge is 0.306 e. The van der Waals surface area contributed by atoms with E-state index in [1.807, 2.05) is 4.90 Å². The van der Waals surface area contributed by atoms with Gasteiger partial charge in [0.25, 0.3) is 11.5 Å². The second kappa shape index (κ2) is 9.97. The Hall–Kier alpha value is -4.12. The number of carbonyl (C=O) groups is 1. The summed E-state index contributed by atoms with van der Waals surface area (Å²) in [6.07, 6.45) is -3.27. The minimum Gasteiger partial charge on any atom is -0.306 e. The summed E-state index contributed by atoms with van der Waals surface area (Å²) in [4.78, 5) is 36.9. The summed E-state index contributed by atoms with van der Waals surface area (Å²) in [5.74, 6) is -0.317. The van der Waals surface area contributed by atoms with Crippen molar-refractivity contribution in [1.29, 1.82) is 0 Å². The van der Waals surface area contributed by atoms with Crippen LogP contribution in [0.1, 0.15) is 27.9 Å². The van der Waals surface area contributed by atoms with Crippen LogP contribution in [-0.4, -0.2) is 44.6 Å². The van der Waals surface area contributed by atoms with Crippen LogP contribution in [-0.2, 0) is 19.8 Å². The van der Waals surface area contributed by atoms with E-state index in [9.17, 15) is 27.2 Å². The third kappa shape index (κ3) is 5.14. The standard InChI is InChI=1S/C27H23F4N5O2/c1-35-24(17-4-2-5-18(12-17)27(29,30)31)34-23-20(6-3-7-21(23)26(35)38)25(37)33-22-9-8-16(13-32-22)14-36-11-10-19(28)15-36/h2-9,12-13,19H,10-11,14-15H2,1H3,(H,32,33,37). The zero-order chi connectivity index (χ0) is 27.0. The number of fused-ring (bicyclic) bond motifs is 1. The lowest BCUT2D eigenvalue weighted by Crippen LogP contribution is -2.22. The number of pyridine rings is 1. The van der Waals surface area contributed by atoms with Crippen LogP contribution in [0.5, 0.6) is 0 Å². The second-order valence-corrected chi connectivity index (χ2v) is 9.21. The van der Waals surface area contributed by atoms with Gasteiger partial charge in [-0.15, -0.1) is 0 Å². The number of carbonyl (C=O) groups excluding carboxylic acids is 1. The van der Waals surface area contributed by atoms with E-state index in [2.05, 4.69) is 15.3 Å². The summed E-state index contributed by atoms with van der Waals surface area (Å²) in [5, 5.41) is 2.83. The maximum atomic E-state index is 13.4. The van der Waals surface area contributed by atoms with E-state index >= 15 is 0 Å². The Balaban J connectivity index is 1.45. The molecule has 1 aliphatic rings. The number of amides is 1. The van der Waals surface area contributed by atoms with Crippen molar-refractivity contribution in [2.45, 2.75) is 25.3 Å². The fourth-order valence-electron chi connectivity index (χ4n) is 4.53. The zero-order valence-electron chi connectivity index (χ0n) is 20.3. The first-order chi connectivity index (χ1) is 18.1. The van der Waals surface area contributed by atoms with Crippen LogP contribution in [0.25, 0.3) is 22.3 Å². The van der Waals surface area contributed by atoms with E-state index in [1.54, 1.807) is 18.3 Å². The van der Waals surface area contributed by atoms with Gasteiger partial charge in [0.05, 0.1) is 22.0 Å². The number of para-hydroxylation sites is 1. The first kappa shape index (κ1) is 25.5. The van der Waals surface area contributed by atoms with Crippen LogP contribution in [0.3, 0.4) is 0 Å². The number of hydrogen-bond acceptors (Lipinski definition) is 5. The molecule has 0 bridgehead atoms. The van der Waals surface area contributed by atoms with Gasteiger partial charge in [-0.1, -0.05) is 24.3 Å². The quantitative estimate of drug-likeness (QED) is 0.379. The van der Waals surface area contributed by atoms with Crippen molar-refractivity contribution in [2.75, 3.05) is 18.4 Å². The first-order valence-corrected chi connectivity index (χ1v) is 11.9. The highest BCUT2D eigenvalue weighted by molar-refractivity contribution is 6.11. The summed E-state index contributed by atoms with van der Waals surface area (Å²) in [5.41, 5.74) is -0.280. The molecule has 1 amide bonds. The minimum absolute atomic E-state index is 0.00578. The van der Waals surface area contributed by atoms with Crippen LogP contribution in [0.4, 0.5) is 23.4 Å². The number of halogens is 4. The van der Waals surface area contributed by atoms with E-state index in [0.29, 0.717) is 26.1 Å². The molecule has 4 aromatic rings. The normalized spacial score (nSPS) is 16.2. The fraction of sp³-hybridized carbons (Fsp3) is 0.259. The van der Waals surface area contributed by atoms with E-state index in [-0.39, 0.29) is 33.7 Å². The molecule has 0 saturated carbocycles. The lowest BCUT2D eigenvalue weighted by atomic mass is 10.1. The van der Waals surface area contributed by atoms with Gasteiger partial charge in [0.1, 0.15) is 17.8 Å². The summed E-state index contributed by atoms with van der Waals surface area (Å²) >= 11 is 0. The van der Waals surface area contributed by atoms with Gasteiger partial charge >= 0.3 is 6.18 Å². The molecule has 2 aromatic carbocycles. The Morgan fingerprint density at radius 3 is 2.61 bits per heavy atom. The molecule has 1 unspecified atom stereocenters. The van der Waals surface area contributed by atoms with Gasteiger partial charge in [-0.3, -0.25) is 19.1 Å². The van der Waals surface area contributed by atoms with Gasteiger partial charge in [-0.25, -0.2) is 14.4 Å². The van der Waals surface area contributed by atoms with Crippen molar-refractivity contribution in [2.24, 2.45) is 7.05 Å². The van der Waals surface area contributed by atoms with E-state index < -0.39 is 29.4 Å². The molecule has 1 saturated heterocycles. The predicted molar refractivity (Wildman–Crippen MR) is 134 cm³/mol. The molecule has 3 heterocycles. The number of anilines is 1. The average Bonchev–Trinajstić information content (AvgIpc) is 3.30. The monoisotopic (exact) mass is 525 g/mol. The first-order valence-electron chi connectivity index (χ1n) is 11.9. The van der Waals surface area contributed by atoms with Crippen molar-refractivity contribution in [3.05, 3.63) is 87.8 Å². The summed E-state index contributed by atoms with van der Waals surface area (Å²) in [6, 6.07) is 12.4. The number of hydrogen-bond donors (Lipinski definition) is 1. The maximum absolute atomic E-state index is 13.4. The number of benzene rings is 2. The molecule has 11 heteroatoms. The number of likely N-dealkylation sites (tertiary alicyclic amines) is 1. The summed E-state index contributed by atoms with van der Waals surface area (Å²) in [7, 11) is 1.42. The fourth-order valence-corrected chi connectivity index (χ4v) is 4.53. The molecule has 0 aliphatic carbocycles. The molecule has 38 heavy (non-hydrogen) atoms. The van der Waals surface area contributed by atoms with Crippen LogP contribution in [0, 0.1) is 0 Å². The molecule has 1 N–H and O–H groups in total. The highest BCUT2D eigenvalue weighted by Gasteiger charge is 2.31. The Bertz CT molecular complexity index is 1570. The molecular formula is C27H23F4N5O2. The Morgan fingerprint density at radius 2 is 1.92 bits per heavy atom. The van der Waals surface area contributed by atoms with E-state index in [4.69, 9.17) is 0 Å². The third-order valence-electron chi connectivity index (χ3n) is 6.49. The topological polar surface area (TPSA) is 80.1 Å². The highest BCUT2D eigenvalue weighted by atomic mass is 19.4. The predicted octanol–water partition coefficient (Wildman–Crippen LogP) is 4.81. The minimum atomic E-state index is -4.57. The van der Waals surface area contributed by atoms with Gasteiger partial charge in [0, 0.05) is 38.4 Å². The van der Waals surface area contributed by atoms with E-state index in [1.165, 1.54) is 37.4 Å². The number of rotatable bonds is 5. The molecule has 7 nitrogen and oxygen atoms in total. The number of nitrogens with one attached hydrogen (secondary N) is 1. The Kier molecular flexibility index (Phi) is 6.70. The van der Waals surface area contributed by atoms with Gasteiger partial charge < -0.3 is 5.32 Å². The Labute approximate surface area is 214 Å². The molecule has 1 atom stereocenters. The van der Waals surface area contributed by atoms with Crippen LogP contribution >= 0.6 is 0 Å². The molecule has 1 aliphatic heterocycles. The number of alkyl halides is 4. The summed E-state index contributed by atoms with van der Waals surface area (Å²) < 4.78 is 54.4. The number of aromatic nitrogens is 3. The van der Waals surface area contributed by atoms with Crippen molar-refractivity contribution < 1.29 is 22.4 Å². The lowest BCUT2D eigenvalue weighted by molar-refractivity contribution is -0.137. The SMILES string of the molecule is Cn1c(-c2cccc(C(F)(F)F)c2)nc2c(C(=O)Nc3ccc(CN4CCC(F)C4)cn3)cccc2c1=O. The molecule has 1 fully saturated rings. The third-order valence-corrected chi connectivity index (χ3v) is 6.49. The zero-order valence-corrected chi connectivity index (χ0v) is 20.3. The molecule has 196 valence electrons. The molecular weight excluding hydrogens is 502 g/mol. The van der Waals surface area contributed by atoms with Crippen molar-refractivity contribution in [1.82, 2.24) is 19.4 Å². The lowest BCUT2D eigenvalue weighted by Gasteiger charge is -2.15. The van der Waals surface area contributed by atoms with Crippen molar-refractivity contribution in [3.63, 3.8) is 0 Å². The average molecular weight is 526 g/mol. The molecule has 0 radical (unpaired) electrons. The van der Waals surface area contributed by atoms with Gasteiger partial charge in [-0.05, 0) is 42.3 Å². The van der Waals surface area contributed by atoms with Crippen molar-refractivity contribution >= 4 is 22.6 Å². The molecule has 2 aromatic heterocycles. The maximum Gasteiger partial charge on any atom is 0.416 e. The second-order valence-electron chi connectivity index (χ2n) is 9.21. The number of nitrogens with zero attached hydrogens (tertiary/aromatic N) is 4. The van der Waals surface area contributed by atoms with E-state index in [0.717, 1.165) is 22.3 Å². The van der Waals surface area contributed by atoms with Crippen molar-refractivity contribution in [3.8, 4) is 11.4 Å². The van der Waals surface area contributed by atoms with Crippen LogP contribution in [0.2, 0.25) is 0 Å². The largest absolute Gasteiger partial charge is 0.416 e. The van der Waals surface area contributed by atoms with Gasteiger partial charge in [-0.2, -0.15) is 13.2 Å². The molecule has 0 spiro atoms. The highest BCUT2D eigenvalue weighted by Crippen LogP contribution is 2.32. The Morgan fingerprint density at radius 1 is 1.13 bits per heavy atom. The van der Waals surface area contributed by atoms with Gasteiger partial charge in [0.15, 0.2) is 0 Å². The van der Waals surface area contributed by atoms with Gasteiger partial charge in [0.2, 0.25) is 0 Å². The summed E-state index contributed by atoms with van der Waals surface area (Å²) in [6.45, 7) is 1.61. The van der Waals surface area contributed by atoms with Crippen LogP contribution in [0.15, 0.2) is 65.6 Å². The molecule has 5 rings (SSSR count).